The molecular formula is C20H22O6. The van der Waals surface area contributed by atoms with Gasteiger partial charge in [0.25, 0.3) is 0 Å². The Hall–Kier alpha value is -3.15. The van der Waals surface area contributed by atoms with E-state index in [-0.39, 0.29) is 23.9 Å². The van der Waals surface area contributed by atoms with E-state index in [9.17, 15) is 9.90 Å². The molecule has 6 nitrogen and oxygen atoms in total. The molecule has 0 spiro atoms. The van der Waals surface area contributed by atoms with E-state index in [2.05, 4.69) is 0 Å². The summed E-state index contributed by atoms with van der Waals surface area (Å²) in [6.45, 7) is 0.262. The fourth-order valence-electron chi connectivity index (χ4n) is 2.32. The summed E-state index contributed by atoms with van der Waals surface area (Å²) in [4.78, 5) is 11.9. The van der Waals surface area contributed by atoms with E-state index in [1.807, 2.05) is 24.3 Å². The molecule has 0 fully saturated rings. The van der Waals surface area contributed by atoms with Gasteiger partial charge in [0.05, 0.1) is 27.9 Å². The van der Waals surface area contributed by atoms with Crippen LogP contribution in [-0.2, 0) is 16.0 Å². The summed E-state index contributed by atoms with van der Waals surface area (Å²) >= 11 is 0. The normalized spacial score (nSPS) is 10.6. The zero-order chi connectivity index (χ0) is 18.9. The van der Waals surface area contributed by atoms with Gasteiger partial charge in [0.1, 0.15) is 5.75 Å². The van der Waals surface area contributed by atoms with Crippen LogP contribution in [0, 0.1) is 0 Å². The number of benzene rings is 2. The Morgan fingerprint density at radius 2 is 1.73 bits per heavy atom. The van der Waals surface area contributed by atoms with Gasteiger partial charge in [0, 0.05) is 12.5 Å². The fourth-order valence-corrected chi connectivity index (χ4v) is 2.32. The first-order valence-electron chi connectivity index (χ1n) is 8.00. The quantitative estimate of drug-likeness (QED) is 0.577. The number of phenolic OH excluding ortho intramolecular Hbond substituents is 1. The molecule has 0 amide bonds. The van der Waals surface area contributed by atoms with E-state index in [0.717, 1.165) is 11.3 Å². The van der Waals surface area contributed by atoms with Crippen LogP contribution in [0.15, 0.2) is 42.5 Å². The highest BCUT2D eigenvalue weighted by molar-refractivity contribution is 5.87. The molecule has 26 heavy (non-hydrogen) atoms. The van der Waals surface area contributed by atoms with Crippen molar-refractivity contribution in [1.82, 2.24) is 0 Å². The van der Waals surface area contributed by atoms with Gasteiger partial charge in [-0.2, -0.15) is 0 Å². The molecule has 0 saturated heterocycles. The fraction of sp³-hybridized carbons (Fsp3) is 0.250. The van der Waals surface area contributed by atoms with E-state index >= 15 is 0 Å². The lowest BCUT2D eigenvalue weighted by atomic mass is 10.1. The maximum atomic E-state index is 11.9. The molecule has 2 rings (SSSR count). The molecule has 0 aliphatic carbocycles. The van der Waals surface area contributed by atoms with Gasteiger partial charge in [-0.1, -0.05) is 12.1 Å². The molecule has 2 aromatic carbocycles. The van der Waals surface area contributed by atoms with Gasteiger partial charge in [-0.15, -0.1) is 0 Å². The van der Waals surface area contributed by atoms with E-state index in [4.69, 9.17) is 18.9 Å². The van der Waals surface area contributed by atoms with Crippen LogP contribution in [0.2, 0.25) is 0 Å². The molecule has 0 unspecified atom stereocenters. The largest absolute Gasteiger partial charge is 0.502 e. The molecule has 0 bridgehead atoms. The molecule has 0 aromatic heterocycles. The Morgan fingerprint density at radius 3 is 2.35 bits per heavy atom. The average Bonchev–Trinajstić information content (AvgIpc) is 2.67. The van der Waals surface area contributed by atoms with Crippen molar-refractivity contribution in [3.63, 3.8) is 0 Å². The van der Waals surface area contributed by atoms with Crippen molar-refractivity contribution >= 4 is 12.0 Å². The van der Waals surface area contributed by atoms with E-state index in [0.29, 0.717) is 12.0 Å². The molecule has 1 N–H and O–H groups in total. The van der Waals surface area contributed by atoms with Gasteiger partial charge in [0.2, 0.25) is 5.75 Å². The number of carbonyl (C=O) groups excluding carboxylic acids is 1. The smallest absolute Gasteiger partial charge is 0.330 e. The SMILES string of the molecule is COc1cccc(CCOC(=O)/C=C/c2cc(OC)c(O)c(OC)c2)c1. The summed E-state index contributed by atoms with van der Waals surface area (Å²) in [6, 6.07) is 10.8. The summed E-state index contributed by atoms with van der Waals surface area (Å²) in [5.41, 5.74) is 1.66. The van der Waals surface area contributed by atoms with Gasteiger partial charge < -0.3 is 24.1 Å². The van der Waals surface area contributed by atoms with Crippen molar-refractivity contribution in [2.75, 3.05) is 27.9 Å². The zero-order valence-corrected chi connectivity index (χ0v) is 15.0. The number of hydrogen-bond acceptors (Lipinski definition) is 6. The van der Waals surface area contributed by atoms with E-state index < -0.39 is 5.97 Å². The van der Waals surface area contributed by atoms with Gasteiger partial charge in [-0.05, 0) is 41.5 Å². The Morgan fingerprint density at radius 1 is 1.04 bits per heavy atom. The van der Waals surface area contributed by atoms with Crippen LogP contribution >= 0.6 is 0 Å². The Bertz CT molecular complexity index is 757. The first-order valence-corrected chi connectivity index (χ1v) is 8.00. The highest BCUT2D eigenvalue weighted by atomic mass is 16.5. The highest BCUT2D eigenvalue weighted by Gasteiger charge is 2.10. The van der Waals surface area contributed by atoms with Crippen LogP contribution in [0.1, 0.15) is 11.1 Å². The summed E-state index contributed by atoms with van der Waals surface area (Å²) < 4.78 is 20.5. The van der Waals surface area contributed by atoms with Crippen LogP contribution in [0.4, 0.5) is 0 Å². The standard InChI is InChI=1S/C20H22O6/c1-23-16-6-4-5-14(11-16)9-10-26-19(21)8-7-15-12-17(24-2)20(22)18(13-15)25-3/h4-8,11-13,22H,9-10H2,1-3H3/b8-7+. The zero-order valence-electron chi connectivity index (χ0n) is 15.0. The maximum absolute atomic E-state index is 11.9. The maximum Gasteiger partial charge on any atom is 0.330 e. The van der Waals surface area contributed by atoms with Crippen molar-refractivity contribution in [2.45, 2.75) is 6.42 Å². The monoisotopic (exact) mass is 358 g/mol. The molecule has 0 heterocycles. The van der Waals surface area contributed by atoms with E-state index in [1.165, 1.54) is 20.3 Å². The minimum absolute atomic E-state index is 0.0898. The first-order chi connectivity index (χ1) is 12.6. The van der Waals surface area contributed by atoms with Crippen molar-refractivity contribution in [2.24, 2.45) is 0 Å². The third kappa shape index (κ3) is 5.17. The lowest BCUT2D eigenvalue weighted by molar-refractivity contribution is -0.137. The molecule has 0 aliphatic heterocycles. The van der Waals surface area contributed by atoms with Crippen molar-refractivity contribution in [1.29, 1.82) is 0 Å². The van der Waals surface area contributed by atoms with Crippen LogP contribution in [0.25, 0.3) is 6.08 Å². The predicted molar refractivity (Wildman–Crippen MR) is 97.9 cm³/mol. The van der Waals surface area contributed by atoms with Gasteiger partial charge >= 0.3 is 5.97 Å². The van der Waals surface area contributed by atoms with Crippen LogP contribution in [0.3, 0.4) is 0 Å². The number of esters is 1. The predicted octanol–water partition coefficient (Wildman–Crippen LogP) is 3.22. The topological polar surface area (TPSA) is 74.2 Å². The van der Waals surface area contributed by atoms with Crippen LogP contribution in [0.5, 0.6) is 23.0 Å². The minimum Gasteiger partial charge on any atom is -0.502 e. The molecule has 0 atom stereocenters. The van der Waals surface area contributed by atoms with Crippen molar-refractivity contribution < 1.29 is 28.8 Å². The minimum atomic E-state index is -0.459. The number of carbonyl (C=O) groups is 1. The van der Waals surface area contributed by atoms with Crippen molar-refractivity contribution in [3.05, 3.63) is 53.6 Å². The van der Waals surface area contributed by atoms with Gasteiger partial charge in [-0.3, -0.25) is 0 Å². The Kier molecular flexibility index (Phi) is 6.91. The molecule has 138 valence electrons. The lowest BCUT2D eigenvalue weighted by Crippen LogP contribution is -2.04. The molecular weight excluding hydrogens is 336 g/mol. The second-order valence-electron chi connectivity index (χ2n) is 5.38. The average molecular weight is 358 g/mol. The molecule has 6 heteroatoms. The van der Waals surface area contributed by atoms with Gasteiger partial charge in [0.15, 0.2) is 11.5 Å². The number of methoxy groups -OCH3 is 3. The molecule has 0 saturated carbocycles. The number of rotatable bonds is 8. The first kappa shape index (κ1) is 19.2. The summed E-state index contributed by atoms with van der Waals surface area (Å²) in [5.74, 6) is 0.738. The number of hydrogen-bond donors (Lipinski definition) is 1. The van der Waals surface area contributed by atoms with E-state index in [1.54, 1.807) is 25.3 Å². The number of aromatic hydroxyl groups is 1. The number of ether oxygens (including phenoxy) is 4. The van der Waals surface area contributed by atoms with Crippen LogP contribution in [-0.4, -0.2) is 39.0 Å². The second kappa shape index (κ2) is 9.36. The third-order valence-corrected chi connectivity index (χ3v) is 3.68. The number of phenols is 1. The Balaban J connectivity index is 1.93. The summed E-state index contributed by atoms with van der Waals surface area (Å²) in [7, 11) is 4.49. The van der Waals surface area contributed by atoms with Crippen LogP contribution < -0.4 is 14.2 Å². The molecule has 0 aliphatic rings. The third-order valence-electron chi connectivity index (χ3n) is 3.68. The van der Waals surface area contributed by atoms with Gasteiger partial charge in [-0.25, -0.2) is 4.79 Å². The second-order valence-corrected chi connectivity index (χ2v) is 5.38. The summed E-state index contributed by atoms with van der Waals surface area (Å²) in [6.07, 6.45) is 3.48. The lowest BCUT2D eigenvalue weighted by Gasteiger charge is -2.09. The molecule has 2 aromatic rings. The summed E-state index contributed by atoms with van der Waals surface area (Å²) in [5, 5.41) is 9.88. The highest BCUT2D eigenvalue weighted by Crippen LogP contribution is 2.37. The Labute approximate surface area is 152 Å². The van der Waals surface area contributed by atoms with Crippen molar-refractivity contribution in [3.8, 4) is 23.0 Å². The molecule has 0 radical (unpaired) electrons.